The minimum atomic E-state index is -0.0631. The Morgan fingerprint density at radius 2 is 2.18 bits per heavy atom. The number of allylic oxidation sites excluding steroid dienone is 4. The Kier molecular flexibility index (Phi) is 4.82. The van der Waals surface area contributed by atoms with Gasteiger partial charge in [-0.1, -0.05) is 24.8 Å². The summed E-state index contributed by atoms with van der Waals surface area (Å²) < 4.78 is 0. The van der Waals surface area contributed by atoms with E-state index in [1.807, 2.05) is 13.0 Å². The van der Waals surface area contributed by atoms with Crippen molar-refractivity contribution >= 4 is 5.91 Å². The highest BCUT2D eigenvalue weighted by molar-refractivity contribution is 5.75. The maximum atomic E-state index is 10.6. The van der Waals surface area contributed by atoms with E-state index in [0.29, 0.717) is 0 Å². The third kappa shape index (κ3) is 5.15. The van der Waals surface area contributed by atoms with Crippen LogP contribution in [-0.4, -0.2) is 5.91 Å². The summed E-state index contributed by atoms with van der Waals surface area (Å²) in [5.41, 5.74) is 0.789. The van der Waals surface area contributed by atoms with Crippen LogP contribution in [0.15, 0.2) is 36.6 Å². The largest absolute Gasteiger partial charge is 0.327 e. The minimum absolute atomic E-state index is 0.0631. The molecule has 0 fully saturated rings. The molecule has 0 rings (SSSR count). The first kappa shape index (κ1) is 9.69. The smallest absolute Gasteiger partial charge is 0.221 e. The zero-order valence-electron chi connectivity index (χ0n) is 6.92. The van der Waals surface area contributed by atoms with E-state index in [9.17, 15) is 4.79 Å². The lowest BCUT2D eigenvalue weighted by molar-refractivity contribution is -0.118. The number of carbonyl (C=O) groups is 1. The van der Waals surface area contributed by atoms with E-state index in [0.717, 1.165) is 5.70 Å². The molecule has 0 aromatic carbocycles. The lowest BCUT2D eigenvalue weighted by atomic mass is 10.3. The second-order valence-electron chi connectivity index (χ2n) is 2.02. The van der Waals surface area contributed by atoms with Crippen LogP contribution >= 0.6 is 0 Å². The second kappa shape index (κ2) is 5.47. The Labute approximate surface area is 67.3 Å². The van der Waals surface area contributed by atoms with Gasteiger partial charge in [0.15, 0.2) is 0 Å². The lowest BCUT2D eigenvalue weighted by Gasteiger charge is -1.99. The average Bonchev–Trinajstić information content (AvgIpc) is 1.97. The average molecular weight is 151 g/mol. The van der Waals surface area contributed by atoms with Gasteiger partial charge in [0.05, 0.1) is 0 Å². The Morgan fingerprint density at radius 3 is 2.55 bits per heavy atom. The molecule has 0 aromatic heterocycles. The highest BCUT2D eigenvalue weighted by Crippen LogP contribution is 1.90. The molecule has 1 N–H and O–H groups in total. The van der Waals surface area contributed by atoms with Gasteiger partial charge in [-0.3, -0.25) is 4.79 Å². The maximum absolute atomic E-state index is 10.6. The molecular weight excluding hydrogens is 138 g/mol. The Morgan fingerprint density at radius 1 is 1.55 bits per heavy atom. The number of amides is 1. The van der Waals surface area contributed by atoms with E-state index in [4.69, 9.17) is 0 Å². The van der Waals surface area contributed by atoms with Crippen LogP contribution in [-0.2, 0) is 4.79 Å². The molecule has 0 saturated heterocycles. The van der Waals surface area contributed by atoms with Crippen LogP contribution < -0.4 is 5.32 Å². The van der Waals surface area contributed by atoms with Crippen molar-refractivity contribution in [2.45, 2.75) is 13.8 Å². The first-order valence-corrected chi connectivity index (χ1v) is 3.43. The highest BCUT2D eigenvalue weighted by Gasteiger charge is 1.90. The Balaban J connectivity index is 4.08. The van der Waals surface area contributed by atoms with Gasteiger partial charge >= 0.3 is 0 Å². The molecule has 0 atom stereocenters. The summed E-state index contributed by atoms with van der Waals surface area (Å²) in [4.78, 5) is 10.6. The van der Waals surface area contributed by atoms with Gasteiger partial charge in [-0.15, -0.1) is 0 Å². The number of hydrogen-bond acceptors (Lipinski definition) is 1. The standard InChI is InChI=1S/C9H13NO/c1-4-6-7-9(5-2)10-8(3)11/h4-7H,1H2,2-3H3,(H,10,11)/b7-6-,9-5+. The van der Waals surface area contributed by atoms with Crippen LogP contribution in [0.5, 0.6) is 0 Å². The molecule has 0 unspecified atom stereocenters. The molecule has 11 heavy (non-hydrogen) atoms. The first-order chi connectivity index (χ1) is 5.20. The number of nitrogens with one attached hydrogen (secondary N) is 1. The molecule has 0 bridgehead atoms. The normalized spacial score (nSPS) is 11.6. The fourth-order valence-electron chi connectivity index (χ4n) is 0.585. The first-order valence-electron chi connectivity index (χ1n) is 3.43. The van der Waals surface area contributed by atoms with E-state index in [1.165, 1.54) is 6.92 Å². The van der Waals surface area contributed by atoms with E-state index in [1.54, 1.807) is 18.2 Å². The van der Waals surface area contributed by atoms with E-state index in [2.05, 4.69) is 11.9 Å². The van der Waals surface area contributed by atoms with Crippen molar-refractivity contribution in [3.63, 3.8) is 0 Å². The lowest BCUT2D eigenvalue weighted by Crippen LogP contribution is -2.17. The predicted molar refractivity (Wildman–Crippen MR) is 46.9 cm³/mol. The van der Waals surface area contributed by atoms with E-state index >= 15 is 0 Å². The van der Waals surface area contributed by atoms with Crippen molar-refractivity contribution in [2.75, 3.05) is 0 Å². The van der Waals surface area contributed by atoms with Crippen LogP contribution in [0.25, 0.3) is 0 Å². The quantitative estimate of drug-likeness (QED) is 0.612. The summed E-state index contributed by atoms with van der Waals surface area (Å²) >= 11 is 0. The van der Waals surface area contributed by atoms with Gasteiger partial charge in [-0.05, 0) is 13.0 Å². The topological polar surface area (TPSA) is 29.1 Å². The monoisotopic (exact) mass is 151 g/mol. The molecule has 0 spiro atoms. The van der Waals surface area contributed by atoms with Crippen molar-refractivity contribution in [2.24, 2.45) is 0 Å². The zero-order chi connectivity index (χ0) is 8.69. The molecular formula is C9H13NO. The summed E-state index contributed by atoms with van der Waals surface area (Å²) in [6, 6.07) is 0. The molecule has 0 heterocycles. The SMILES string of the molecule is C=C/C=C\C(=C/C)NC(C)=O. The molecule has 2 heteroatoms. The molecule has 0 aromatic rings. The van der Waals surface area contributed by atoms with E-state index < -0.39 is 0 Å². The second-order valence-corrected chi connectivity index (χ2v) is 2.02. The van der Waals surface area contributed by atoms with Gasteiger partial charge in [-0.2, -0.15) is 0 Å². The molecule has 0 radical (unpaired) electrons. The van der Waals surface area contributed by atoms with Crippen molar-refractivity contribution in [3.8, 4) is 0 Å². The minimum Gasteiger partial charge on any atom is -0.327 e. The van der Waals surface area contributed by atoms with Crippen molar-refractivity contribution in [3.05, 3.63) is 36.6 Å². The summed E-state index contributed by atoms with van der Waals surface area (Å²) in [6.07, 6.45) is 7.03. The van der Waals surface area contributed by atoms with Gasteiger partial charge in [0.1, 0.15) is 0 Å². The van der Waals surface area contributed by atoms with Gasteiger partial charge in [0.2, 0.25) is 5.91 Å². The Hall–Kier alpha value is -1.31. The molecule has 2 nitrogen and oxygen atoms in total. The van der Waals surface area contributed by atoms with Crippen LogP contribution in [0.2, 0.25) is 0 Å². The van der Waals surface area contributed by atoms with E-state index in [-0.39, 0.29) is 5.91 Å². The summed E-state index contributed by atoms with van der Waals surface area (Å²) in [7, 11) is 0. The van der Waals surface area contributed by atoms with Crippen LogP contribution in [0, 0.1) is 0 Å². The molecule has 0 saturated carbocycles. The van der Waals surface area contributed by atoms with Gasteiger partial charge < -0.3 is 5.32 Å². The molecule has 1 amide bonds. The fourth-order valence-corrected chi connectivity index (χ4v) is 0.585. The molecule has 0 aliphatic rings. The Bertz CT molecular complexity index is 202. The molecule has 60 valence electrons. The zero-order valence-corrected chi connectivity index (χ0v) is 6.92. The third-order valence-electron chi connectivity index (χ3n) is 1.04. The van der Waals surface area contributed by atoms with Gasteiger partial charge in [0.25, 0.3) is 0 Å². The van der Waals surface area contributed by atoms with Crippen LogP contribution in [0.4, 0.5) is 0 Å². The predicted octanol–water partition coefficient (Wildman–Crippen LogP) is 1.77. The highest BCUT2D eigenvalue weighted by atomic mass is 16.1. The fraction of sp³-hybridized carbons (Fsp3) is 0.222. The number of carbonyl (C=O) groups excluding carboxylic acids is 1. The summed E-state index contributed by atoms with van der Waals surface area (Å²) in [6.45, 7) is 6.86. The maximum Gasteiger partial charge on any atom is 0.221 e. The number of rotatable bonds is 3. The van der Waals surface area contributed by atoms with Crippen molar-refractivity contribution in [1.29, 1.82) is 0 Å². The van der Waals surface area contributed by atoms with Crippen LogP contribution in [0.3, 0.4) is 0 Å². The van der Waals surface area contributed by atoms with Gasteiger partial charge in [0, 0.05) is 12.6 Å². The summed E-state index contributed by atoms with van der Waals surface area (Å²) in [5.74, 6) is -0.0631. The van der Waals surface area contributed by atoms with Crippen molar-refractivity contribution < 1.29 is 4.79 Å². The summed E-state index contributed by atoms with van der Waals surface area (Å²) in [5, 5.41) is 2.65. The van der Waals surface area contributed by atoms with Crippen molar-refractivity contribution in [1.82, 2.24) is 5.32 Å². The van der Waals surface area contributed by atoms with Gasteiger partial charge in [-0.25, -0.2) is 0 Å². The molecule has 0 aliphatic carbocycles. The number of hydrogen-bond donors (Lipinski definition) is 1. The molecule has 0 aliphatic heterocycles. The third-order valence-corrected chi connectivity index (χ3v) is 1.04. The van der Waals surface area contributed by atoms with Crippen LogP contribution in [0.1, 0.15) is 13.8 Å².